The van der Waals surface area contributed by atoms with Gasteiger partial charge >= 0.3 is 5.97 Å². The van der Waals surface area contributed by atoms with E-state index in [2.05, 4.69) is 16.9 Å². The smallest absolute Gasteiger partial charge is 0.335 e. The van der Waals surface area contributed by atoms with Crippen molar-refractivity contribution in [3.63, 3.8) is 0 Å². The lowest BCUT2D eigenvalue weighted by Crippen LogP contribution is -2.23. The van der Waals surface area contributed by atoms with E-state index in [4.69, 9.17) is 9.47 Å². The second-order valence-corrected chi connectivity index (χ2v) is 5.37. The van der Waals surface area contributed by atoms with Crippen molar-refractivity contribution in [1.82, 2.24) is 4.98 Å². The molecule has 0 bridgehead atoms. The molecule has 0 saturated carbocycles. The average molecular weight is 318 g/mol. The highest BCUT2D eigenvalue weighted by molar-refractivity contribution is 7.13. The summed E-state index contributed by atoms with van der Waals surface area (Å²) in [7, 11) is 0. The number of ether oxygens (including phenoxy) is 2. The molecular weight excluding hydrogens is 300 g/mol. The molecule has 22 heavy (non-hydrogen) atoms. The predicted molar refractivity (Wildman–Crippen MR) is 87.2 cm³/mol. The highest BCUT2D eigenvalue weighted by atomic mass is 32.1. The minimum Gasteiger partial charge on any atom is -0.457 e. The van der Waals surface area contributed by atoms with Crippen molar-refractivity contribution in [2.45, 2.75) is 19.6 Å². The van der Waals surface area contributed by atoms with Crippen LogP contribution in [0.5, 0.6) is 0 Å². The number of para-hydroxylation sites is 1. The maximum atomic E-state index is 11.7. The van der Waals surface area contributed by atoms with Crippen molar-refractivity contribution in [2.24, 2.45) is 0 Å². The number of rotatable bonds is 8. The summed E-state index contributed by atoms with van der Waals surface area (Å²) in [4.78, 5) is 16.1. The van der Waals surface area contributed by atoms with E-state index in [1.165, 1.54) is 11.3 Å². The zero-order valence-electron chi connectivity index (χ0n) is 12.3. The molecule has 6 heteroatoms. The second-order valence-electron chi connectivity index (χ2n) is 4.51. The Morgan fingerprint density at radius 1 is 1.45 bits per heavy atom. The third-order valence-corrected chi connectivity index (χ3v) is 3.54. The fourth-order valence-corrected chi connectivity index (χ4v) is 2.33. The number of hydrogen-bond donors (Lipinski definition) is 1. The van der Waals surface area contributed by atoms with Crippen LogP contribution in [0.25, 0.3) is 0 Å². The van der Waals surface area contributed by atoms with Gasteiger partial charge < -0.3 is 14.8 Å². The molecule has 1 atom stereocenters. The third-order valence-electron chi connectivity index (χ3n) is 2.74. The Kier molecular flexibility index (Phi) is 6.12. The van der Waals surface area contributed by atoms with Crippen molar-refractivity contribution in [2.75, 3.05) is 11.9 Å². The third kappa shape index (κ3) is 4.98. The molecular formula is C16H18N2O3S. The first-order valence-electron chi connectivity index (χ1n) is 6.84. The van der Waals surface area contributed by atoms with Gasteiger partial charge in [-0.05, 0) is 19.1 Å². The predicted octanol–water partition coefficient (Wildman–Crippen LogP) is 3.52. The number of nitrogens with one attached hydrogen (secondary N) is 1. The molecule has 2 aromatic rings. The quantitative estimate of drug-likeness (QED) is 0.596. The number of aromatic nitrogens is 1. The van der Waals surface area contributed by atoms with E-state index in [1.807, 2.05) is 35.7 Å². The molecule has 0 fully saturated rings. The van der Waals surface area contributed by atoms with Gasteiger partial charge in [0.25, 0.3) is 0 Å². The van der Waals surface area contributed by atoms with E-state index in [9.17, 15) is 4.79 Å². The van der Waals surface area contributed by atoms with Crippen molar-refractivity contribution in [3.05, 3.63) is 54.1 Å². The summed E-state index contributed by atoms with van der Waals surface area (Å²) in [5.41, 5.74) is 1.67. The first-order chi connectivity index (χ1) is 10.7. The fourth-order valence-electron chi connectivity index (χ4n) is 1.62. The summed E-state index contributed by atoms with van der Waals surface area (Å²) in [6.45, 7) is 5.63. The van der Waals surface area contributed by atoms with Gasteiger partial charge in [-0.1, -0.05) is 24.3 Å². The number of nitrogens with zero attached hydrogens (tertiary/aromatic N) is 1. The van der Waals surface area contributed by atoms with Crippen molar-refractivity contribution in [3.8, 4) is 0 Å². The largest absolute Gasteiger partial charge is 0.457 e. The van der Waals surface area contributed by atoms with Crippen LogP contribution >= 0.6 is 11.3 Å². The van der Waals surface area contributed by atoms with Gasteiger partial charge in [0.05, 0.1) is 12.3 Å². The standard InChI is InChI=1S/C16H18N2O3S/c1-3-9-20-12(2)15(19)21-10-14-11-22-16(18-14)17-13-7-5-4-6-8-13/h3-8,11-12H,1,9-10H2,2H3,(H,17,18). The first-order valence-corrected chi connectivity index (χ1v) is 7.72. The van der Waals surface area contributed by atoms with Gasteiger partial charge in [-0.3, -0.25) is 0 Å². The van der Waals surface area contributed by atoms with Crippen LogP contribution in [0.2, 0.25) is 0 Å². The summed E-state index contributed by atoms with van der Waals surface area (Å²) >= 11 is 1.46. The topological polar surface area (TPSA) is 60.5 Å². The zero-order chi connectivity index (χ0) is 15.8. The van der Waals surface area contributed by atoms with Crippen LogP contribution < -0.4 is 5.32 Å². The number of thiazole rings is 1. The molecule has 0 aliphatic rings. The number of benzene rings is 1. The first kappa shape index (κ1) is 16.2. The van der Waals surface area contributed by atoms with Gasteiger partial charge in [0.1, 0.15) is 6.61 Å². The van der Waals surface area contributed by atoms with Crippen LogP contribution in [-0.2, 0) is 20.9 Å². The number of hydrogen-bond acceptors (Lipinski definition) is 6. The summed E-state index contributed by atoms with van der Waals surface area (Å²) < 4.78 is 10.4. The van der Waals surface area contributed by atoms with Gasteiger partial charge in [-0.15, -0.1) is 17.9 Å². The summed E-state index contributed by atoms with van der Waals surface area (Å²) in [5, 5.41) is 5.81. The zero-order valence-corrected chi connectivity index (χ0v) is 13.1. The highest BCUT2D eigenvalue weighted by Crippen LogP contribution is 2.21. The van der Waals surface area contributed by atoms with E-state index < -0.39 is 12.1 Å². The Morgan fingerprint density at radius 3 is 2.95 bits per heavy atom. The van der Waals surface area contributed by atoms with Gasteiger partial charge in [-0.2, -0.15) is 0 Å². The number of anilines is 2. The monoisotopic (exact) mass is 318 g/mol. The Labute approximate surface area is 133 Å². The van der Waals surface area contributed by atoms with E-state index in [0.29, 0.717) is 12.3 Å². The molecule has 1 aromatic heterocycles. The van der Waals surface area contributed by atoms with Crippen molar-refractivity contribution in [1.29, 1.82) is 0 Å². The maximum Gasteiger partial charge on any atom is 0.335 e. The molecule has 1 heterocycles. The van der Waals surface area contributed by atoms with Crippen LogP contribution in [0.1, 0.15) is 12.6 Å². The van der Waals surface area contributed by atoms with Gasteiger partial charge in [-0.25, -0.2) is 9.78 Å². The molecule has 1 aromatic carbocycles. The van der Waals surface area contributed by atoms with Gasteiger partial charge in [0.15, 0.2) is 11.2 Å². The summed E-state index contributed by atoms with van der Waals surface area (Å²) in [6, 6.07) is 9.76. The minimum atomic E-state index is -0.612. The summed E-state index contributed by atoms with van der Waals surface area (Å²) in [5.74, 6) is -0.410. The molecule has 0 aliphatic carbocycles. The molecule has 2 rings (SSSR count). The molecule has 116 valence electrons. The average Bonchev–Trinajstić information content (AvgIpc) is 2.98. The Morgan fingerprint density at radius 2 is 2.23 bits per heavy atom. The van der Waals surface area contributed by atoms with Crippen molar-refractivity contribution < 1.29 is 14.3 Å². The van der Waals surface area contributed by atoms with Crippen LogP contribution in [0.4, 0.5) is 10.8 Å². The lowest BCUT2D eigenvalue weighted by atomic mass is 10.3. The van der Waals surface area contributed by atoms with Gasteiger partial charge in [0.2, 0.25) is 0 Å². The fraction of sp³-hybridized carbons (Fsp3) is 0.250. The van der Waals surface area contributed by atoms with Gasteiger partial charge in [0, 0.05) is 11.1 Å². The molecule has 0 spiro atoms. The number of carbonyl (C=O) groups is 1. The van der Waals surface area contributed by atoms with Crippen LogP contribution in [-0.4, -0.2) is 23.7 Å². The van der Waals surface area contributed by atoms with E-state index in [-0.39, 0.29) is 6.61 Å². The SMILES string of the molecule is C=CCOC(C)C(=O)OCc1csc(Nc2ccccc2)n1. The Balaban J connectivity index is 1.82. The van der Waals surface area contributed by atoms with Crippen LogP contribution in [0.3, 0.4) is 0 Å². The molecule has 0 aliphatic heterocycles. The number of esters is 1. The molecule has 0 saturated heterocycles. The highest BCUT2D eigenvalue weighted by Gasteiger charge is 2.15. The normalized spacial score (nSPS) is 11.7. The Bertz CT molecular complexity index is 613. The Hall–Kier alpha value is -2.18. The van der Waals surface area contributed by atoms with E-state index >= 15 is 0 Å². The maximum absolute atomic E-state index is 11.7. The lowest BCUT2D eigenvalue weighted by Gasteiger charge is -2.10. The van der Waals surface area contributed by atoms with Crippen LogP contribution in [0.15, 0.2) is 48.4 Å². The number of carbonyl (C=O) groups excluding carboxylic acids is 1. The minimum absolute atomic E-state index is 0.133. The van der Waals surface area contributed by atoms with Crippen molar-refractivity contribution >= 4 is 28.1 Å². The molecule has 0 radical (unpaired) electrons. The van der Waals surface area contributed by atoms with Crippen LogP contribution in [0, 0.1) is 0 Å². The molecule has 1 N–H and O–H groups in total. The molecule has 1 unspecified atom stereocenters. The second kappa shape index (κ2) is 8.31. The molecule has 0 amide bonds. The molecule has 5 nitrogen and oxygen atoms in total. The summed E-state index contributed by atoms with van der Waals surface area (Å²) in [6.07, 6.45) is 0.977. The lowest BCUT2D eigenvalue weighted by molar-refractivity contribution is -0.156. The van der Waals surface area contributed by atoms with E-state index in [1.54, 1.807) is 13.0 Å². The van der Waals surface area contributed by atoms with E-state index in [0.717, 1.165) is 10.8 Å².